The maximum absolute atomic E-state index is 10.2. The molecule has 0 spiro atoms. The van der Waals surface area contributed by atoms with Gasteiger partial charge in [-0.1, -0.05) is 11.6 Å². The fourth-order valence-corrected chi connectivity index (χ4v) is 0.636. The summed E-state index contributed by atoms with van der Waals surface area (Å²) in [5.41, 5.74) is -0.218. The van der Waals surface area contributed by atoms with Crippen LogP contribution in [-0.4, -0.2) is 21.3 Å². The molecule has 0 saturated heterocycles. The lowest BCUT2D eigenvalue weighted by Gasteiger charge is -1.91. The second-order valence-corrected chi connectivity index (χ2v) is 1.94. The fraction of sp³-hybridized carbons (Fsp3) is 0. The SMILES string of the molecule is O=C(O)c1nnccc1Cl. The van der Waals surface area contributed by atoms with Crippen molar-refractivity contribution in [2.45, 2.75) is 0 Å². The lowest BCUT2D eigenvalue weighted by atomic mass is 10.4. The van der Waals surface area contributed by atoms with Crippen molar-refractivity contribution >= 4 is 17.6 Å². The zero-order chi connectivity index (χ0) is 7.56. The molecule has 4 nitrogen and oxygen atoms in total. The third-order valence-electron chi connectivity index (χ3n) is 0.874. The van der Waals surface area contributed by atoms with Crippen molar-refractivity contribution in [2.24, 2.45) is 0 Å². The molecule has 1 heterocycles. The molecule has 0 amide bonds. The van der Waals surface area contributed by atoms with E-state index in [2.05, 4.69) is 10.2 Å². The number of carbonyl (C=O) groups is 1. The van der Waals surface area contributed by atoms with Crippen molar-refractivity contribution in [1.82, 2.24) is 10.2 Å². The largest absolute Gasteiger partial charge is 0.476 e. The fourth-order valence-electron chi connectivity index (χ4n) is 0.461. The summed E-state index contributed by atoms with van der Waals surface area (Å²) in [4.78, 5) is 10.2. The second-order valence-electron chi connectivity index (χ2n) is 1.53. The minimum absolute atomic E-state index is 0.0995. The highest BCUT2D eigenvalue weighted by atomic mass is 35.5. The maximum Gasteiger partial charge on any atom is 0.357 e. The lowest BCUT2D eigenvalue weighted by molar-refractivity contribution is 0.0689. The summed E-state index contributed by atoms with van der Waals surface area (Å²) in [6.45, 7) is 0. The molecule has 0 bridgehead atoms. The van der Waals surface area contributed by atoms with Crippen LogP contribution in [0.4, 0.5) is 0 Å². The van der Waals surface area contributed by atoms with Gasteiger partial charge in [-0.2, -0.15) is 5.10 Å². The van der Waals surface area contributed by atoms with Gasteiger partial charge in [0, 0.05) is 0 Å². The van der Waals surface area contributed by atoms with Crippen LogP contribution in [0.2, 0.25) is 5.02 Å². The summed E-state index contributed by atoms with van der Waals surface area (Å²) >= 11 is 5.44. The Balaban J connectivity index is 3.15. The molecule has 10 heavy (non-hydrogen) atoms. The van der Waals surface area contributed by atoms with Crippen LogP contribution in [0.3, 0.4) is 0 Å². The van der Waals surface area contributed by atoms with Crippen molar-refractivity contribution < 1.29 is 9.90 Å². The third kappa shape index (κ3) is 1.22. The first kappa shape index (κ1) is 6.95. The molecule has 0 aliphatic carbocycles. The summed E-state index contributed by atoms with van der Waals surface area (Å²) in [6.07, 6.45) is 1.33. The van der Waals surface area contributed by atoms with Gasteiger partial charge in [-0.15, -0.1) is 5.10 Å². The van der Waals surface area contributed by atoms with Gasteiger partial charge in [0.05, 0.1) is 11.2 Å². The molecule has 0 radical (unpaired) electrons. The standard InChI is InChI=1S/C5H3ClN2O2/c6-3-1-2-7-8-4(3)5(9)10/h1-2H,(H,9,10). The van der Waals surface area contributed by atoms with Gasteiger partial charge in [-0.3, -0.25) is 0 Å². The maximum atomic E-state index is 10.2. The number of carboxylic acid groups (broad SMARTS) is 1. The molecule has 0 unspecified atom stereocenters. The average molecular weight is 159 g/mol. The number of carboxylic acids is 1. The highest BCUT2D eigenvalue weighted by Crippen LogP contribution is 2.09. The summed E-state index contributed by atoms with van der Waals surface area (Å²) < 4.78 is 0. The van der Waals surface area contributed by atoms with Gasteiger partial charge < -0.3 is 5.11 Å². The Labute approximate surface area is 61.5 Å². The molecule has 0 aliphatic rings. The van der Waals surface area contributed by atoms with Crippen LogP contribution in [0.1, 0.15) is 10.5 Å². The summed E-state index contributed by atoms with van der Waals surface area (Å²) in [5, 5.41) is 15.1. The Kier molecular flexibility index (Phi) is 1.82. The zero-order valence-electron chi connectivity index (χ0n) is 4.78. The molecule has 1 rings (SSSR count). The second kappa shape index (κ2) is 2.62. The number of rotatable bonds is 1. The first-order chi connectivity index (χ1) is 4.72. The van der Waals surface area contributed by atoms with Crippen LogP contribution in [0.15, 0.2) is 12.3 Å². The minimum Gasteiger partial charge on any atom is -0.476 e. The van der Waals surface area contributed by atoms with E-state index in [4.69, 9.17) is 16.7 Å². The van der Waals surface area contributed by atoms with Gasteiger partial charge in [-0.25, -0.2) is 4.79 Å². The summed E-state index contributed by atoms with van der Waals surface area (Å²) in [5.74, 6) is -1.17. The van der Waals surface area contributed by atoms with Crippen molar-refractivity contribution in [2.75, 3.05) is 0 Å². The lowest BCUT2D eigenvalue weighted by Crippen LogP contribution is -2.01. The molecule has 0 aromatic carbocycles. The van der Waals surface area contributed by atoms with Gasteiger partial charge in [0.1, 0.15) is 0 Å². The Hall–Kier alpha value is -1.16. The third-order valence-corrected chi connectivity index (χ3v) is 1.18. The van der Waals surface area contributed by atoms with E-state index in [1.807, 2.05) is 0 Å². The minimum atomic E-state index is -1.17. The van der Waals surface area contributed by atoms with Crippen LogP contribution in [-0.2, 0) is 0 Å². The smallest absolute Gasteiger partial charge is 0.357 e. The van der Waals surface area contributed by atoms with Gasteiger partial charge in [-0.05, 0) is 6.07 Å². The molecule has 1 N–H and O–H groups in total. The number of hydrogen-bond acceptors (Lipinski definition) is 3. The highest BCUT2D eigenvalue weighted by molar-refractivity contribution is 6.33. The Morgan fingerprint density at radius 1 is 1.70 bits per heavy atom. The van der Waals surface area contributed by atoms with E-state index in [-0.39, 0.29) is 10.7 Å². The molecule has 1 aromatic heterocycles. The average Bonchev–Trinajstić information content (AvgIpc) is 1.88. The van der Waals surface area contributed by atoms with Crippen molar-refractivity contribution in [3.8, 4) is 0 Å². The van der Waals surface area contributed by atoms with Gasteiger partial charge in [0.15, 0.2) is 5.69 Å². The molecule has 1 aromatic rings. The molecule has 0 fully saturated rings. The number of nitrogens with zero attached hydrogens (tertiary/aromatic N) is 2. The molecule has 52 valence electrons. The van der Waals surface area contributed by atoms with E-state index in [1.165, 1.54) is 12.3 Å². The van der Waals surface area contributed by atoms with Gasteiger partial charge >= 0.3 is 5.97 Å². The van der Waals surface area contributed by atoms with Crippen molar-refractivity contribution in [3.63, 3.8) is 0 Å². The van der Waals surface area contributed by atoms with Crippen LogP contribution < -0.4 is 0 Å². The van der Waals surface area contributed by atoms with Crippen LogP contribution in [0, 0.1) is 0 Å². The molecular weight excluding hydrogens is 156 g/mol. The predicted octanol–water partition coefficient (Wildman–Crippen LogP) is 0.828. The number of aromatic nitrogens is 2. The molecular formula is C5H3ClN2O2. The van der Waals surface area contributed by atoms with Crippen molar-refractivity contribution in [3.05, 3.63) is 23.0 Å². The van der Waals surface area contributed by atoms with Crippen LogP contribution >= 0.6 is 11.6 Å². The molecule has 5 heteroatoms. The quantitative estimate of drug-likeness (QED) is 0.658. The van der Waals surface area contributed by atoms with E-state index in [0.29, 0.717) is 0 Å². The zero-order valence-corrected chi connectivity index (χ0v) is 5.54. The monoisotopic (exact) mass is 158 g/mol. The van der Waals surface area contributed by atoms with Crippen LogP contribution in [0.5, 0.6) is 0 Å². The Morgan fingerprint density at radius 2 is 2.40 bits per heavy atom. The molecule has 0 atom stereocenters. The van der Waals surface area contributed by atoms with E-state index >= 15 is 0 Å². The molecule has 0 saturated carbocycles. The normalized spacial score (nSPS) is 9.30. The van der Waals surface area contributed by atoms with Crippen molar-refractivity contribution in [1.29, 1.82) is 0 Å². The van der Waals surface area contributed by atoms with Gasteiger partial charge in [0.25, 0.3) is 0 Å². The summed E-state index contributed by atoms with van der Waals surface area (Å²) in [7, 11) is 0. The Morgan fingerprint density at radius 3 is 2.80 bits per heavy atom. The van der Waals surface area contributed by atoms with E-state index in [0.717, 1.165) is 0 Å². The highest BCUT2D eigenvalue weighted by Gasteiger charge is 2.08. The van der Waals surface area contributed by atoms with E-state index in [9.17, 15) is 4.79 Å². The number of halogens is 1. The summed E-state index contributed by atoms with van der Waals surface area (Å²) in [6, 6.07) is 1.37. The Bertz CT molecular complexity index is 264. The van der Waals surface area contributed by atoms with E-state index < -0.39 is 5.97 Å². The first-order valence-corrected chi connectivity index (χ1v) is 2.80. The number of aromatic carboxylic acids is 1. The topological polar surface area (TPSA) is 63.1 Å². The number of hydrogen-bond donors (Lipinski definition) is 1. The molecule has 0 aliphatic heterocycles. The first-order valence-electron chi connectivity index (χ1n) is 2.42. The predicted molar refractivity (Wildman–Crippen MR) is 34.0 cm³/mol. The van der Waals surface area contributed by atoms with Gasteiger partial charge in [0.2, 0.25) is 0 Å². The van der Waals surface area contributed by atoms with Crippen LogP contribution in [0.25, 0.3) is 0 Å². The van der Waals surface area contributed by atoms with E-state index in [1.54, 1.807) is 0 Å².